The molecule has 0 bridgehead atoms. The minimum Gasteiger partial charge on any atom is -0.390 e. The van der Waals surface area contributed by atoms with Gasteiger partial charge in [-0.25, -0.2) is 0 Å². The molecule has 11 heteroatoms. The molecule has 158 valence electrons. The molecular formula is C19H19F3N6O2. The van der Waals surface area contributed by atoms with Crippen LogP contribution in [0.2, 0.25) is 0 Å². The van der Waals surface area contributed by atoms with Gasteiger partial charge < -0.3 is 10.4 Å². The summed E-state index contributed by atoms with van der Waals surface area (Å²) in [6.45, 7) is 0.480. The minimum absolute atomic E-state index is 0.166. The number of halogens is 3. The summed E-state index contributed by atoms with van der Waals surface area (Å²) in [6, 6.07) is 5.70. The van der Waals surface area contributed by atoms with Crippen LogP contribution in [0.25, 0.3) is 11.3 Å². The number of hydrogen-bond donors (Lipinski definition) is 2. The van der Waals surface area contributed by atoms with Gasteiger partial charge in [0.1, 0.15) is 5.69 Å². The summed E-state index contributed by atoms with van der Waals surface area (Å²) in [5.74, 6) is -0.631. The molecule has 8 nitrogen and oxygen atoms in total. The lowest BCUT2D eigenvalue weighted by atomic mass is 10.0. The average molecular weight is 420 g/mol. The van der Waals surface area contributed by atoms with Crippen LogP contribution in [0.1, 0.15) is 46.5 Å². The number of nitrogens with zero attached hydrogens (tertiary/aromatic N) is 5. The molecule has 1 aliphatic heterocycles. The number of carbonyl (C=O) groups excluding carboxylic acids is 1. The van der Waals surface area contributed by atoms with Crippen molar-refractivity contribution >= 4 is 5.91 Å². The number of rotatable bonds is 4. The van der Waals surface area contributed by atoms with E-state index in [1.807, 2.05) is 6.07 Å². The second-order valence-electron chi connectivity index (χ2n) is 7.08. The highest BCUT2D eigenvalue weighted by molar-refractivity contribution is 5.93. The van der Waals surface area contributed by atoms with Gasteiger partial charge in [0.2, 0.25) is 0 Å². The number of alkyl halides is 3. The molecule has 4 heterocycles. The Morgan fingerprint density at radius 2 is 2.10 bits per heavy atom. The SMILES string of the molecule is Cn1nc(C(F)(F)F)cc1C(=O)N[C@@H]1CCCn2nc(-c3ccnc(CO)c3)cc21. The molecule has 0 unspecified atom stereocenters. The fourth-order valence-electron chi connectivity index (χ4n) is 3.55. The summed E-state index contributed by atoms with van der Waals surface area (Å²) >= 11 is 0. The van der Waals surface area contributed by atoms with Crippen LogP contribution in [0.15, 0.2) is 30.5 Å². The summed E-state index contributed by atoms with van der Waals surface area (Å²) in [7, 11) is 1.30. The van der Waals surface area contributed by atoms with E-state index in [9.17, 15) is 23.1 Å². The van der Waals surface area contributed by atoms with Crippen molar-refractivity contribution in [3.05, 3.63) is 53.2 Å². The van der Waals surface area contributed by atoms with Crippen LogP contribution in [-0.4, -0.2) is 35.6 Å². The first-order valence-corrected chi connectivity index (χ1v) is 9.32. The summed E-state index contributed by atoms with van der Waals surface area (Å²) < 4.78 is 41.3. The maximum absolute atomic E-state index is 12.9. The first-order valence-electron chi connectivity index (χ1n) is 9.32. The number of nitrogens with one attached hydrogen (secondary N) is 1. The van der Waals surface area contributed by atoms with Gasteiger partial charge in [0.25, 0.3) is 5.91 Å². The standard InChI is InChI=1S/C19H19F3N6O2/c1-27-16(9-17(26-27)19(20,21)22)18(30)24-13-3-2-6-28-15(13)8-14(25-28)11-4-5-23-12(7-11)10-29/h4-5,7-9,13,29H,2-3,6,10H2,1H3,(H,24,30)/t13-/m1/s1. The summed E-state index contributed by atoms with van der Waals surface area (Å²) in [5.41, 5.74) is 1.46. The zero-order valence-electron chi connectivity index (χ0n) is 16.0. The number of carbonyl (C=O) groups is 1. The Morgan fingerprint density at radius 1 is 1.30 bits per heavy atom. The molecule has 1 aliphatic rings. The topological polar surface area (TPSA) is 97.9 Å². The maximum atomic E-state index is 12.9. The summed E-state index contributed by atoms with van der Waals surface area (Å²) in [5, 5.41) is 20.0. The lowest BCUT2D eigenvalue weighted by Gasteiger charge is -2.24. The van der Waals surface area contributed by atoms with Gasteiger partial charge in [-0.3, -0.25) is 19.1 Å². The number of amides is 1. The number of hydrogen-bond acceptors (Lipinski definition) is 5. The van der Waals surface area contributed by atoms with E-state index in [0.29, 0.717) is 24.4 Å². The number of fused-ring (bicyclic) bond motifs is 1. The molecule has 2 N–H and O–H groups in total. The Bertz CT molecular complexity index is 1090. The van der Waals surface area contributed by atoms with Gasteiger partial charge >= 0.3 is 6.18 Å². The second kappa shape index (κ2) is 7.56. The van der Waals surface area contributed by atoms with Crippen molar-refractivity contribution in [2.45, 2.75) is 38.2 Å². The molecule has 1 amide bonds. The monoisotopic (exact) mass is 420 g/mol. The third-order valence-electron chi connectivity index (χ3n) is 5.01. The number of pyridine rings is 1. The van der Waals surface area contributed by atoms with E-state index < -0.39 is 23.8 Å². The fourth-order valence-corrected chi connectivity index (χ4v) is 3.55. The Hall–Kier alpha value is -3.21. The van der Waals surface area contributed by atoms with E-state index in [1.54, 1.807) is 23.0 Å². The molecule has 1 atom stereocenters. The van der Waals surface area contributed by atoms with Gasteiger partial charge in [0, 0.05) is 31.4 Å². The molecule has 0 spiro atoms. The van der Waals surface area contributed by atoms with Crippen molar-refractivity contribution in [2.24, 2.45) is 7.05 Å². The van der Waals surface area contributed by atoms with Crippen molar-refractivity contribution in [3.63, 3.8) is 0 Å². The van der Waals surface area contributed by atoms with Crippen LogP contribution < -0.4 is 5.32 Å². The first kappa shape index (κ1) is 20.1. The van der Waals surface area contributed by atoms with E-state index in [1.165, 1.54) is 7.05 Å². The molecule has 3 aromatic heterocycles. The number of aryl methyl sites for hydroxylation is 2. The van der Waals surface area contributed by atoms with E-state index >= 15 is 0 Å². The predicted octanol–water partition coefficient (Wildman–Crippen LogP) is 2.45. The lowest BCUT2D eigenvalue weighted by molar-refractivity contribution is -0.141. The Kier molecular flexibility index (Phi) is 5.06. The molecular weight excluding hydrogens is 401 g/mol. The zero-order chi connectivity index (χ0) is 21.5. The van der Waals surface area contributed by atoms with Crippen molar-refractivity contribution in [1.82, 2.24) is 29.9 Å². The first-order chi connectivity index (χ1) is 14.3. The van der Waals surface area contributed by atoms with Crippen LogP contribution >= 0.6 is 0 Å². The maximum Gasteiger partial charge on any atom is 0.435 e. The van der Waals surface area contributed by atoms with Crippen LogP contribution in [0, 0.1) is 0 Å². The molecule has 4 rings (SSSR count). The highest BCUT2D eigenvalue weighted by Crippen LogP contribution is 2.31. The normalized spacial score (nSPS) is 16.4. The van der Waals surface area contributed by atoms with Gasteiger partial charge in [0.15, 0.2) is 5.69 Å². The highest BCUT2D eigenvalue weighted by Gasteiger charge is 2.36. The van der Waals surface area contributed by atoms with Crippen molar-refractivity contribution < 1.29 is 23.1 Å². The van der Waals surface area contributed by atoms with Crippen molar-refractivity contribution in [1.29, 1.82) is 0 Å². The van der Waals surface area contributed by atoms with Gasteiger partial charge in [-0.15, -0.1) is 0 Å². The molecule has 0 radical (unpaired) electrons. The smallest absolute Gasteiger partial charge is 0.390 e. The van der Waals surface area contributed by atoms with Gasteiger partial charge in [0.05, 0.1) is 29.7 Å². The van der Waals surface area contributed by atoms with Gasteiger partial charge in [-0.05, 0) is 31.0 Å². The second-order valence-corrected chi connectivity index (χ2v) is 7.08. The number of aliphatic hydroxyl groups excluding tert-OH is 1. The summed E-state index contributed by atoms with van der Waals surface area (Å²) in [6.07, 6.45) is -1.64. The van der Waals surface area contributed by atoms with Crippen LogP contribution in [-0.2, 0) is 26.4 Å². The zero-order valence-corrected chi connectivity index (χ0v) is 16.0. The van der Waals surface area contributed by atoms with Crippen LogP contribution in [0.3, 0.4) is 0 Å². The third-order valence-corrected chi connectivity index (χ3v) is 5.01. The van der Waals surface area contributed by atoms with Crippen LogP contribution in [0.4, 0.5) is 13.2 Å². The minimum atomic E-state index is -4.62. The molecule has 30 heavy (non-hydrogen) atoms. The third kappa shape index (κ3) is 3.80. The van der Waals surface area contributed by atoms with E-state index in [2.05, 4.69) is 20.5 Å². The van der Waals surface area contributed by atoms with E-state index in [-0.39, 0.29) is 12.3 Å². The highest BCUT2D eigenvalue weighted by atomic mass is 19.4. The molecule has 0 saturated carbocycles. The largest absolute Gasteiger partial charge is 0.435 e. The van der Waals surface area contributed by atoms with Crippen molar-refractivity contribution in [3.8, 4) is 11.3 Å². The van der Waals surface area contributed by atoms with E-state index in [0.717, 1.165) is 28.4 Å². The molecule has 0 aromatic carbocycles. The Balaban J connectivity index is 1.59. The number of aromatic nitrogens is 5. The van der Waals surface area contributed by atoms with Gasteiger partial charge in [-0.2, -0.15) is 23.4 Å². The molecule has 0 saturated heterocycles. The Morgan fingerprint density at radius 3 is 2.80 bits per heavy atom. The lowest BCUT2D eigenvalue weighted by Crippen LogP contribution is -2.33. The van der Waals surface area contributed by atoms with Crippen LogP contribution in [0.5, 0.6) is 0 Å². The summed E-state index contributed by atoms with van der Waals surface area (Å²) in [4.78, 5) is 16.7. The number of aliphatic hydroxyl groups is 1. The van der Waals surface area contributed by atoms with E-state index in [4.69, 9.17) is 0 Å². The quantitative estimate of drug-likeness (QED) is 0.676. The fraction of sp³-hybridized carbons (Fsp3) is 0.368. The van der Waals surface area contributed by atoms with Gasteiger partial charge in [-0.1, -0.05) is 0 Å². The molecule has 3 aromatic rings. The van der Waals surface area contributed by atoms with Crippen molar-refractivity contribution in [2.75, 3.05) is 0 Å². The molecule has 0 fully saturated rings. The predicted molar refractivity (Wildman–Crippen MR) is 99.0 cm³/mol. The Labute approximate surface area is 169 Å². The average Bonchev–Trinajstić information content (AvgIpc) is 3.32. The molecule has 0 aliphatic carbocycles.